The van der Waals surface area contributed by atoms with Crippen molar-refractivity contribution in [2.45, 2.75) is 0 Å². The summed E-state index contributed by atoms with van der Waals surface area (Å²) in [7, 11) is 1.40. The molecule has 0 aliphatic rings. The summed E-state index contributed by atoms with van der Waals surface area (Å²) >= 11 is 0. The highest BCUT2D eigenvalue weighted by Gasteiger charge is 2.11. The third-order valence-electron chi connectivity index (χ3n) is 2.89. The predicted octanol–water partition coefficient (Wildman–Crippen LogP) is 3.52. The molecule has 0 amide bonds. The monoisotopic (exact) mass is 260 g/mol. The summed E-state index contributed by atoms with van der Waals surface area (Å²) in [6.07, 6.45) is 0. The van der Waals surface area contributed by atoms with E-state index in [1.807, 2.05) is 0 Å². The van der Waals surface area contributed by atoms with Gasteiger partial charge in [-0.3, -0.25) is 0 Å². The van der Waals surface area contributed by atoms with Gasteiger partial charge < -0.3 is 9.72 Å². The molecule has 3 rings (SSSR count). The Morgan fingerprint density at radius 3 is 2.63 bits per heavy atom. The number of nitrogens with zero attached hydrogens (tertiary/aromatic N) is 1. The first kappa shape index (κ1) is 11.6. The molecule has 0 unspecified atom stereocenters. The number of para-hydroxylation sites is 1. The van der Waals surface area contributed by atoms with Gasteiger partial charge in [0.1, 0.15) is 11.3 Å². The number of halogens is 2. The molecule has 2 aromatic carbocycles. The van der Waals surface area contributed by atoms with Crippen LogP contribution in [0.25, 0.3) is 22.4 Å². The number of aromatic nitrogens is 2. The van der Waals surface area contributed by atoms with E-state index in [9.17, 15) is 8.78 Å². The number of ether oxygens (including phenoxy) is 1. The Morgan fingerprint density at radius 2 is 1.95 bits per heavy atom. The lowest BCUT2D eigenvalue weighted by Crippen LogP contribution is -1.89. The molecule has 19 heavy (non-hydrogen) atoms. The molecule has 0 fully saturated rings. The molecule has 0 saturated heterocycles. The molecule has 0 saturated carbocycles. The van der Waals surface area contributed by atoms with Crippen LogP contribution >= 0.6 is 0 Å². The summed E-state index contributed by atoms with van der Waals surface area (Å²) in [5.74, 6) is -0.317. The van der Waals surface area contributed by atoms with Crippen LogP contribution in [0.4, 0.5) is 8.78 Å². The number of H-pyrrole nitrogens is 1. The van der Waals surface area contributed by atoms with Crippen molar-refractivity contribution in [3.05, 3.63) is 48.0 Å². The molecule has 0 aliphatic heterocycles. The Hall–Kier alpha value is -2.43. The van der Waals surface area contributed by atoms with Crippen molar-refractivity contribution < 1.29 is 13.5 Å². The molecule has 0 aliphatic carbocycles. The van der Waals surface area contributed by atoms with Crippen molar-refractivity contribution >= 4 is 11.0 Å². The SMILES string of the molecule is COc1ccc(-c2nc3c(F)cccc3[nH]2)cc1F. The molecule has 3 aromatic rings. The average molecular weight is 260 g/mol. The van der Waals surface area contributed by atoms with Gasteiger partial charge in [-0.1, -0.05) is 6.07 Å². The van der Waals surface area contributed by atoms with E-state index < -0.39 is 11.6 Å². The Bertz CT molecular complexity index is 752. The topological polar surface area (TPSA) is 37.9 Å². The van der Waals surface area contributed by atoms with Crippen molar-refractivity contribution in [1.29, 1.82) is 0 Å². The van der Waals surface area contributed by atoms with Gasteiger partial charge in [0.05, 0.1) is 12.6 Å². The summed E-state index contributed by atoms with van der Waals surface area (Å²) < 4.78 is 32.0. The zero-order chi connectivity index (χ0) is 13.4. The number of methoxy groups -OCH3 is 1. The fraction of sp³-hybridized carbons (Fsp3) is 0.0714. The lowest BCUT2D eigenvalue weighted by Gasteiger charge is -2.02. The maximum absolute atomic E-state index is 13.6. The summed E-state index contributed by atoms with van der Waals surface area (Å²) in [5.41, 5.74) is 1.36. The van der Waals surface area contributed by atoms with E-state index in [0.717, 1.165) is 0 Å². The minimum Gasteiger partial charge on any atom is -0.494 e. The maximum Gasteiger partial charge on any atom is 0.165 e. The third-order valence-corrected chi connectivity index (χ3v) is 2.89. The second-order valence-electron chi connectivity index (χ2n) is 4.07. The van der Waals surface area contributed by atoms with E-state index in [4.69, 9.17) is 4.74 Å². The zero-order valence-corrected chi connectivity index (χ0v) is 10.1. The molecule has 1 aromatic heterocycles. The summed E-state index contributed by atoms with van der Waals surface area (Å²) in [4.78, 5) is 7.10. The molecular weight excluding hydrogens is 250 g/mol. The van der Waals surface area contributed by atoms with Gasteiger partial charge in [-0.05, 0) is 30.3 Å². The Labute approximate surface area is 107 Å². The molecule has 0 radical (unpaired) electrons. The number of nitrogens with one attached hydrogen (secondary N) is 1. The molecule has 0 spiro atoms. The second-order valence-corrected chi connectivity index (χ2v) is 4.07. The van der Waals surface area contributed by atoms with Crippen LogP contribution in [-0.4, -0.2) is 17.1 Å². The highest BCUT2D eigenvalue weighted by atomic mass is 19.1. The third kappa shape index (κ3) is 1.93. The summed E-state index contributed by atoms with van der Waals surface area (Å²) in [6, 6.07) is 9.12. The minimum atomic E-state index is -0.485. The molecule has 3 nitrogen and oxygen atoms in total. The van der Waals surface area contributed by atoms with Crippen LogP contribution in [0.2, 0.25) is 0 Å². The van der Waals surface area contributed by atoms with Gasteiger partial charge in [0.15, 0.2) is 17.4 Å². The van der Waals surface area contributed by atoms with Crippen molar-refractivity contribution in [2.24, 2.45) is 0 Å². The number of fused-ring (bicyclic) bond motifs is 1. The predicted molar refractivity (Wildman–Crippen MR) is 68.0 cm³/mol. The van der Waals surface area contributed by atoms with Gasteiger partial charge in [0.25, 0.3) is 0 Å². The quantitative estimate of drug-likeness (QED) is 0.765. The fourth-order valence-corrected chi connectivity index (χ4v) is 1.95. The van der Waals surface area contributed by atoms with Crippen molar-refractivity contribution in [1.82, 2.24) is 9.97 Å². The van der Waals surface area contributed by atoms with Crippen LogP contribution in [-0.2, 0) is 0 Å². The van der Waals surface area contributed by atoms with E-state index in [1.165, 1.54) is 25.3 Å². The highest BCUT2D eigenvalue weighted by molar-refractivity contribution is 5.79. The van der Waals surface area contributed by atoms with Crippen LogP contribution in [0, 0.1) is 11.6 Å². The molecule has 5 heteroatoms. The standard InChI is InChI=1S/C14H10F2N2O/c1-19-12-6-5-8(7-10(12)16)14-17-11-4-2-3-9(15)13(11)18-14/h2-7H,1H3,(H,17,18). The average Bonchev–Trinajstić information content (AvgIpc) is 2.84. The summed E-state index contributed by atoms with van der Waals surface area (Å²) in [6.45, 7) is 0. The number of benzene rings is 2. The Kier molecular flexibility index (Phi) is 2.67. The first-order valence-corrected chi connectivity index (χ1v) is 5.67. The van der Waals surface area contributed by atoms with Gasteiger partial charge in [-0.2, -0.15) is 0 Å². The van der Waals surface area contributed by atoms with Gasteiger partial charge >= 0.3 is 0 Å². The molecular formula is C14H10F2N2O. The van der Waals surface area contributed by atoms with E-state index >= 15 is 0 Å². The molecule has 96 valence electrons. The highest BCUT2D eigenvalue weighted by Crippen LogP contribution is 2.26. The molecule has 0 bridgehead atoms. The first-order chi connectivity index (χ1) is 9.19. The van der Waals surface area contributed by atoms with Crippen LogP contribution in [0.1, 0.15) is 0 Å². The first-order valence-electron chi connectivity index (χ1n) is 5.67. The largest absolute Gasteiger partial charge is 0.494 e. The van der Waals surface area contributed by atoms with Crippen LogP contribution in [0.15, 0.2) is 36.4 Å². The van der Waals surface area contributed by atoms with E-state index in [2.05, 4.69) is 9.97 Å². The number of imidazole rings is 1. The van der Waals surface area contributed by atoms with Crippen LogP contribution in [0.5, 0.6) is 5.75 Å². The summed E-state index contributed by atoms with van der Waals surface area (Å²) in [5, 5.41) is 0. The van der Waals surface area contributed by atoms with E-state index in [0.29, 0.717) is 16.9 Å². The van der Waals surface area contributed by atoms with Gasteiger partial charge in [-0.15, -0.1) is 0 Å². The molecule has 1 N–H and O–H groups in total. The van der Waals surface area contributed by atoms with Gasteiger partial charge in [-0.25, -0.2) is 13.8 Å². The van der Waals surface area contributed by atoms with Gasteiger partial charge in [0.2, 0.25) is 0 Å². The van der Waals surface area contributed by atoms with Gasteiger partial charge in [0, 0.05) is 5.56 Å². The number of hydrogen-bond donors (Lipinski definition) is 1. The smallest absolute Gasteiger partial charge is 0.165 e. The maximum atomic E-state index is 13.6. The number of aromatic amines is 1. The number of hydrogen-bond acceptors (Lipinski definition) is 2. The Balaban J connectivity index is 2.14. The van der Waals surface area contributed by atoms with E-state index in [1.54, 1.807) is 18.2 Å². The Morgan fingerprint density at radius 1 is 1.11 bits per heavy atom. The van der Waals surface area contributed by atoms with Crippen molar-refractivity contribution in [2.75, 3.05) is 7.11 Å². The zero-order valence-electron chi connectivity index (χ0n) is 10.1. The lowest BCUT2D eigenvalue weighted by molar-refractivity contribution is 0.386. The normalized spacial score (nSPS) is 10.9. The number of rotatable bonds is 2. The van der Waals surface area contributed by atoms with Crippen LogP contribution < -0.4 is 4.74 Å². The van der Waals surface area contributed by atoms with Crippen molar-refractivity contribution in [3.63, 3.8) is 0 Å². The second kappa shape index (κ2) is 4.35. The van der Waals surface area contributed by atoms with Crippen LogP contribution in [0.3, 0.4) is 0 Å². The molecule has 1 heterocycles. The lowest BCUT2D eigenvalue weighted by atomic mass is 10.2. The van der Waals surface area contributed by atoms with E-state index in [-0.39, 0.29) is 11.3 Å². The molecule has 0 atom stereocenters. The fourth-order valence-electron chi connectivity index (χ4n) is 1.95. The van der Waals surface area contributed by atoms with Crippen molar-refractivity contribution in [3.8, 4) is 17.1 Å². The minimum absolute atomic E-state index is 0.158.